The molecule has 28 heavy (non-hydrogen) atoms. The van der Waals surface area contributed by atoms with Crippen molar-refractivity contribution < 1.29 is 19.5 Å². The Balaban J connectivity index is 1.56. The van der Waals surface area contributed by atoms with Crippen LogP contribution in [0.3, 0.4) is 0 Å². The first-order valence-corrected chi connectivity index (χ1v) is 9.28. The molecule has 1 saturated carbocycles. The number of hydrogen-bond acceptors (Lipinski definition) is 5. The molecule has 0 aliphatic heterocycles. The highest BCUT2D eigenvalue weighted by atomic mass is 16.4. The summed E-state index contributed by atoms with van der Waals surface area (Å²) in [5.41, 5.74) is 0.950. The highest BCUT2D eigenvalue weighted by Crippen LogP contribution is 2.24. The van der Waals surface area contributed by atoms with Crippen LogP contribution in [0.4, 0.5) is 5.69 Å². The van der Waals surface area contributed by atoms with Gasteiger partial charge >= 0.3 is 5.97 Å². The maximum Gasteiger partial charge on any atom is 0.358 e. The van der Waals surface area contributed by atoms with Crippen molar-refractivity contribution in [1.29, 1.82) is 0 Å². The second-order valence-corrected chi connectivity index (χ2v) is 7.05. The van der Waals surface area contributed by atoms with Crippen molar-refractivity contribution >= 4 is 23.5 Å². The lowest BCUT2D eigenvalue weighted by Gasteiger charge is -2.17. The molecule has 1 aromatic heterocycles. The first-order chi connectivity index (χ1) is 13.4. The van der Waals surface area contributed by atoms with E-state index in [1.165, 1.54) is 10.9 Å². The minimum atomic E-state index is -1.16. The average Bonchev–Trinajstić information content (AvgIpc) is 3.34. The number of carboxylic acid groups (broad SMARTS) is 1. The third-order valence-corrected chi connectivity index (χ3v) is 4.71. The lowest BCUT2D eigenvalue weighted by molar-refractivity contribution is -0.125. The summed E-state index contributed by atoms with van der Waals surface area (Å²) in [5, 5.41) is 22.0. The van der Waals surface area contributed by atoms with Crippen LogP contribution in [-0.4, -0.2) is 43.9 Å². The summed E-state index contributed by atoms with van der Waals surface area (Å²) in [6.07, 6.45) is 5.47. The van der Waals surface area contributed by atoms with Crippen LogP contribution in [-0.2, 0) is 9.59 Å². The van der Waals surface area contributed by atoms with E-state index < -0.39 is 5.97 Å². The molecule has 0 saturated heterocycles. The number of nitrogens with zero attached hydrogens (tertiary/aromatic N) is 3. The highest BCUT2D eigenvalue weighted by molar-refractivity contribution is 5.92. The number of carbonyl (C=O) groups excluding carboxylic acids is 2. The van der Waals surface area contributed by atoms with Gasteiger partial charge in [-0.05, 0) is 38.0 Å². The Morgan fingerprint density at radius 1 is 1.29 bits per heavy atom. The van der Waals surface area contributed by atoms with Gasteiger partial charge in [0.05, 0.1) is 11.9 Å². The van der Waals surface area contributed by atoms with E-state index in [0.717, 1.165) is 25.7 Å². The number of hydrogen-bond donors (Lipinski definition) is 3. The van der Waals surface area contributed by atoms with Gasteiger partial charge in [0, 0.05) is 24.1 Å². The van der Waals surface area contributed by atoms with E-state index in [1.807, 2.05) is 6.92 Å². The van der Waals surface area contributed by atoms with E-state index in [4.69, 9.17) is 5.11 Å². The second-order valence-electron chi connectivity index (χ2n) is 7.05. The molecule has 148 valence electrons. The van der Waals surface area contributed by atoms with Gasteiger partial charge in [0.2, 0.25) is 11.8 Å². The zero-order valence-corrected chi connectivity index (χ0v) is 15.6. The van der Waals surface area contributed by atoms with Crippen molar-refractivity contribution in [3.63, 3.8) is 0 Å². The van der Waals surface area contributed by atoms with E-state index in [-0.39, 0.29) is 35.9 Å². The van der Waals surface area contributed by atoms with Gasteiger partial charge in [0.25, 0.3) is 0 Å². The van der Waals surface area contributed by atoms with Gasteiger partial charge in [-0.3, -0.25) is 9.59 Å². The number of aromatic carboxylic acids is 1. The SMILES string of the molecule is CC(CC(=O)Nc1cccc(-n2cc(C(=O)O)nn2)c1)NC(=O)C1CCCC1. The fourth-order valence-corrected chi connectivity index (χ4v) is 3.30. The molecule has 1 atom stereocenters. The minimum Gasteiger partial charge on any atom is -0.476 e. The molecule has 1 aromatic carbocycles. The van der Waals surface area contributed by atoms with E-state index in [0.29, 0.717) is 11.4 Å². The summed E-state index contributed by atoms with van der Waals surface area (Å²) in [6, 6.07) is 6.57. The highest BCUT2D eigenvalue weighted by Gasteiger charge is 2.24. The summed E-state index contributed by atoms with van der Waals surface area (Å²) in [6.45, 7) is 1.81. The predicted molar refractivity (Wildman–Crippen MR) is 101 cm³/mol. The topological polar surface area (TPSA) is 126 Å². The Morgan fingerprint density at radius 2 is 2.04 bits per heavy atom. The normalized spacial score (nSPS) is 15.2. The van der Waals surface area contributed by atoms with Crippen molar-refractivity contribution in [2.45, 2.75) is 45.1 Å². The molecule has 9 nitrogen and oxygen atoms in total. The number of aromatic nitrogens is 3. The van der Waals surface area contributed by atoms with E-state index in [2.05, 4.69) is 20.9 Å². The smallest absolute Gasteiger partial charge is 0.358 e. The van der Waals surface area contributed by atoms with E-state index in [9.17, 15) is 14.4 Å². The zero-order valence-electron chi connectivity index (χ0n) is 15.6. The van der Waals surface area contributed by atoms with Crippen LogP contribution in [0.15, 0.2) is 30.5 Å². The van der Waals surface area contributed by atoms with Gasteiger partial charge in [-0.2, -0.15) is 0 Å². The summed E-state index contributed by atoms with van der Waals surface area (Å²) in [7, 11) is 0. The molecule has 0 radical (unpaired) electrons. The Hall–Kier alpha value is -3.23. The number of carboxylic acids is 1. The zero-order chi connectivity index (χ0) is 20.1. The number of benzene rings is 1. The molecule has 3 rings (SSSR count). The third kappa shape index (κ3) is 4.93. The molecule has 1 unspecified atom stereocenters. The molecule has 1 heterocycles. The maximum absolute atomic E-state index is 12.3. The summed E-state index contributed by atoms with van der Waals surface area (Å²) >= 11 is 0. The van der Waals surface area contributed by atoms with Gasteiger partial charge in [-0.1, -0.05) is 24.1 Å². The van der Waals surface area contributed by atoms with Gasteiger partial charge in [-0.25, -0.2) is 9.48 Å². The maximum atomic E-state index is 12.3. The number of anilines is 1. The van der Waals surface area contributed by atoms with Gasteiger partial charge < -0.3 is 15.7 Å². The first kappa shape index (κ1) is 19.5. The molecular formula is C19H23N5O4. The average molecular weight is 385 g/mol. The Labute approximate surface area is 162 Å². The molecule has 2 amide bonds. The molecule has 0 spiro atoms. The molecule has 1 aliphatic rings. The predicted octanol–water partition coefficient (Wildman–Crippen LogP) is 1.99. The van der Waals surface area contributed by atoms with Crippen LogP contribution in [0.5, 0.6) is 0 Å². The van der Waals surface area contributed by atoms with Crippen molar-refractivity contribution in [3.8, 4) is 5.69 Å². The molecule has 0 bridgehead atoms. The molecule has 1 fully saturated rings. The lowest BCUT2D eigenvalue weighted by atomic mass is 10.1. The fourth-order valence-electron chi connectivity index (χ4n) is 3.30. The number of nitrogens with one attached hydrogen (secondary N) is 2. The first-order valence-electron chi connectivity index (χ1n) is 9.28. The molecule has 3 N–H and O–H groups in total. The van der Waals surface area contributed by atoms with Crippen LogP contribution in [0.2, 0.25) is 0 Å². The Morgan fingerprint density at radius 3 is 2.71 bits per heavy atom. The van der Waals surface area contributed by atoms with Crippen molar-refractivity contribution in [1.82, 2.24) is 20.3 Å². The molecule has 2 aromatic rings. The Bertz CT molecular complexity index is 873. The quantitative estimate of drug-likeness (QED) is 0.669. The van der Waals surface area contributed by atoms with Crippen LogP contribution >= 0.6 is 0 Å². The monoisotopic (exact) mass is 385 g/mol. The number of rotatable bonds is 7. The van der Waals surface area contributed by atoms with Gasteiger partial charge in [0.1, 0.15) is 0 Å². The standard InChI is InChI=1S/C19H23N5O4/c1-12(20-18(26)13-5-2-3-6-13)9-17(25)21-14-7-4-8-15(10-14)24-11-16(19(27)28)22-23-24/h4,7-8,10-13H,2-3,5-6,9H2,1H3,(H,20,26)(H,21,25)(H,27,28). The van der Waals surface area contributed by atoms with Crippen LogP contribution in [0, 0.1) is 5.92 Å². The van der Waals surface area contributed by atoms with Crippen LogP contribution in [0.1, 0.15) is 49.5 Å². The third-order valence-electron chi connectivity index (χ3n) is 4.71. The fraction of sp³-hybridized carbons (Fsp3) is 0.421. The lowest BCUT2D eigenvalue weighted by Crippen LogP contribution is -2.38. The van der Waals surface area contributed by atoms with Gasteiger partial charge in [-0.15, -0.1) is 5.10 Å². The number of carbonyl (C=O) groups is 3. The van der Waals surface area contributed by atoms with Crippen molar-refractivity contribution in [2.24, 2.45) is 5.92 Å². The van der Waals surface area contributed by atoms with Crippen LogP contribution < -0.4 is 10.6 Å². The minimum absolute atomic E-state index is 0.0280. The van der Waals surface area contributed by atoms with E-state index in [1.54, 1.807) is 24.3 Å². The molecule has 1 aliphatic carbocycles. The Kier molecular flexibility index (Phi) is 6.03. The van der Waals surface area contributed by atoms with Crippen molar-refractivity contribution in [2.75, 3.05) is 5.32 Å². The summed E-state index contributed by atoms with van der Waals surface area (Å²) in [4.78, 5) is 35.4. The molecule has 9 heteroatoms. The van der Waals surface area contributed by atoms with Gasteiger partial charge in [0.15, 0.2) is 5.69 Å². The van der Waals surface area contributed by atoms with E-state index >= 15 is 0 Å². The second kappa shape index (κ2) is 8.64. The summed E-state index contributed by atoms with van der Waals surface area (Å²) < 4.78 is 1.32. The summed E-state index contributed by atoms with van der Waals surface area (Å²) in [5.74, 6) is -1.29. The molecular weight excluding hydrogens is 362 g/mol. The van der Waals surface area contributed by atoms with Crippen molar-refractivity contribution in [3.05, 3.63) is 36.2 Å². The largest absolute Gasteiger partial charge is 0.476 e. The number of amides is 2. The van der Waals surface area contributed by atoms with Crippen LogP contribution in [0.25, 0.3) is 5.69 Å².